The highest BCUT2D eigenvalue weighted by Crippen LogP contribution is 2.21. The topological polar surface area (TPSA) is 89.7 Å². The van der Waals surface area contributed by atoms with Crippen molar-refractivity contribution in [3.05, 3.63) is 23.8 Å². The van der Waals surface area contributed by atoms with E-state index < -0.39 is 21.9 Å². The van der Waals surface area contributed by atoms with Crippen LogP contribution in [0.15, 0.2) is 23.1 Å². The van der Waals surface area contributed by atoms with Gasteiger partial charge in [-0.25, -0.2) is 12.7 Å². The van der Waals surface area contributed by atoms with Crippen LogP contribution in [0.5, 0.6) is 0 Å². The molecule has 1 unspecified atom stereocenters. The van der Waals surface area contributed by atoms with E-state index in [1.54, 1.807) is 19.9 Å². The molecule has 0 bridgehead atoms. The van der Waals surface area contributed by atoms with E-state index in [-0.39, 0.29) is 11.4 Å². The average molecular weight is 300 g/mol. The molecule has 0 aromatic heterocycles. The Morgan fingerprint density at radius 2 is 2.05 bits per heavy atom. The summed E-state index contributed by atoms with van der Waals surface area (Å²) in [7, 11) is -0.943. The van der Waals surface area contributed by atoms with Crippen LogP contribution in [0.25, 0.3) is 0 Å². The molecule has 1 atom stereocenters. The van der Waals surface area contributed by atoms with Gasteiger partial charge in [0.15, 0.2) is 0 Å². The Bertz CT molecular complexity index is 598. The molecule has 1 aromatic carbocycles. The molecule has 0 saturated carbocycles. The first-order chi connectivity index (χ1) is 9.20. The summed E-state index contributed by atoms with van der Waals surface area (Å²) in [6.07, 6.45) is 0. The summed E-state index contributed by atoms with van der Waals surface area (Å²) in [6.45, 7) is 3.35. The van der Waals surface area contributed by atoms with Gasteiger partial charge in [-0.05, 0) is 30.7 Å². The number of hydrogen-bond donors (Lipinski definition) is 1. The summed E-state index contributed by atoms with van der Waals surface area (Å²) >= 11 is 0. The van der Waals surface area contributed by atoms with Crippen molar-refractivity contribution in [1.29, 1.82) is 0 Å². The number of hydrogen-bond acceptors (Lipinski definition) is 5. The first-order valence-corrected chi connectivity index (χ1v) is 7.54. The van der Waals surface area contributed by atoms with Crippen LogP contribution in [-0.4, -0.2) is 39.4 Å². The van der Waals surface area contributed by atoms with E-state index in [1.807, 2.05) is 0 Å². The summed E-state index contributed by atoms with van der Waals surface area (Å²) in [5.41, 5.74) is 6.69. The van der Waals surface area contributed by atoms with Gasteiger partial charge in [0.05, 0.1) is 17.9 Å². The van der Waals surface area contributed by atoms with E-state index in [1.165, 1.54) is 26.3 Å². The van der Waals surface area contributed by atoms with Crippen LogP contribution >= 0.6 is 0 Å². The van der Waals surface area contributed by atoms with E-state index in [4.69, 9.17) is 5.73 Å². The number of anilines is 1. The zero-order chi connectivity index (χ0) is 15.5. The van der Waals surface area contributed by atoms with Gasteiger partial charge in [0, 0.05) is 19.3 Å². The second kappa shape index (κ2) is 6.23. The number of nitrogens with two attached hydrogens (primary N) is 1. The highest BCUT2D eigenvalue weighted by molar-refractivity contribution is 7.89. The second-order valence-corrected chi connectivity index (χ2v) is 6.75. The third-order valence-electron chi connectivity index (χ3n) is 3.02. The molecule has 2 N–H and O–H groups in total. The Labute approximate surface area is 119 Å². The molecule has 112 valence electrons. The monoisotopic (exact) mass is 300 g/mol. The van der Waals surface area contributed by atoms with Gasteiger partial charge in [0.25, 0.3) is 0 Å². The summed E-state index contributed by atoms with van der Waals surface area (Å²) in [5, 5.41) is 0. The molecular weight excluding hydrogens is 280 g/mol. The first kappa shape index (κ1) is 16.5. The Balaban J connectivity index is 3.01. The normalized spacial score (nSPS) is 13.2. The molecule has 1 aromatic rings. The Hall–Kier alpha value is -1.60. The van der Waals surface area contributed by atoms with E-state index in [9.17, 15) is 13.2 Å². The van der Waals surface area contributed by atoms with Crippen LogP contribution in [-0.2, 0) is 19.6 Å². The maximum Gasteiger partial charge on any atom is 0.309 e. The molecule has 0 aliphatic carbocycles. The molecule has 0 fully saturated rings. The van der Waals surface area contributed by atoms with E-state index >= 15 is 0 Å². The number of rotatable bonds is 5. The molecular formula is C13H20N2O4S. The number of methoxy groups -OCH3 is 1. The fraction of sp³-hybridized carbons (Fsp3) is 0.462. The van der Waals surface area contributed by atoms with Gasteiger partial charge in [-0.15, -0.1) is 0 Å². The van der Waals surface area contributed by atoms with Crippen molar-refractivity contribution in [3.63, 3.8) is 0 Å². The van der Waals surface area contributed by atoms with Crippen molar-refractivity contribution >= 4 is 21.7 Å². The molecule has 20 heavy (non-hydrogen) atoms. The number of benzene rings is 1. The highest BCUT2D eigenvalue weighted by atomic mass is 32.2. The Kier molecular flexibility index (Phi) is 5.13. The van der Waals surface area contributed by atoms with Crippen molar-refractivity contribution in [3.8, 4) is 0 Å². The standard InChI is InChI=1S/C13H20N2O4S/c1-9-7-11(14)5-6-12(9)20(17,18)15(3)8-10(2)13(16)19-4/h5-7,10H,8,14H2,1-4H3. The number of sulfonamides is 1. The fourth-order valence-corrected chi connectivity index (χ4v) is 3.35. The minimum atomic E-state index is -3.65. The van der Waals surface area contributed by atoms with Crippen LogP contribution in [0.4, 0.5) is 5.69 Å². The lowest BCUT2D eigenvalue weighted by molar-refractivity contribution is -0.144. The second-order valence-electron chi connectivity index (χ2n) is 4.73. The van der Waals surface area contributed by atoms with Gasteiger partial charge < -0.3 is 10.5 Å². The van der Waals surface area contributed by atoms with Crippen molar-refractivity contribution in [1.82, 2.24) is 4.31 Å². The molecule has 0 aliphatic heterocycles. The van der Waals surface area contributed by atoms with Crippen molar-refractivity contribution in [2.75, 3.05) is 26.4 Å². The van der Waals surface area contributed by atoms with Gasteiger partial charge in [0.2, 0.25) is 10.0 Å². The van der Waals surface area contributed by atoms with Gasteiger partial charge >= 0.3 is 5.97 Å². The lowest BCUT2D eigenvalue weighted by Gasteiger charge is -2.21. The molecule has 0 spiro atoms. The van der Waals surface area contributed by atoms with Crippen molar-refractivity contribution in [2.24, 2.45) is 5.92 Å². The van der Waals surface area contributed by atoms with Gasteiger partial charge in [-0.3, -0.25) is 4.79 Å². The summed E-state index contributed by atoms with van der Waals surface area (Å²) in [5.74, 6) is -0.977. The van der Waals surface area contributed by atoms with Crippen LogP contribution in [0.1, 0.15) is 12.5 Å². The van der Waals surface area contributed by atoms with Crippen LogP contribution in [0.3, 0.4) is 0 Å². The van der Waals surface area contributed by atoms with Crippen LogP contribution in [0, 0.1) is 12.8 Å². The highest BCUT2D eigenvalue weighted by Gasteiger charge is 2.26. The predicted octanol–water partition coefficient (Wildman–Crippen LogP) is 1.01. The summed E-state index contributed by atoms with van der Waals surface area (Å²) < 4.78 is 30.6. The largest absolute Gasteiger partial charge is 0.469 e. The quantitative estimate of drug-likeness (QED) is 0.647. The molecule has 1 rings (SSSR count). The lowest BCUT2D eigenvalue weighted by atomic mass is 10.2. The zero-order valence-corrected chi connectivity index (χ0v) is 12.9. The van der Waals surface area contributed by atoms with E-state index in [2.05, 4.69) is 4.74 Å². The molecule has 0 saturated heterocycles. The number of nitrogens with zero attached hydrogens (tertiary/aromatic N) is 1. The molecule has 6 nitrogen and oxygen atoms in total. The smallest absolute Gasteiger partial charge is 0.309 e. The number of carbonyl (C=O) groups is 1. The lowest BCUT2D eigenvalue weighted by Crippen LogP contribution is -2.34. The number of esters is 1. The third-order valence-corrected chi connectivity index (χ3v) is 5.01. The molecule has 0 heterocycles. The van der Waals surface area contributed by atoms with Crippen molar-refractivity contribution in [2.45, 2.75) is 18.7 Å². The van der Waals surface area contributed by atoms with Crippen LogP contribution in [0.2, 0.25) is 0 Å². The van der Waals surface area contributed by atoms with E-state index in [0.717, 1.165) is 4.31 Å². The van der Waals surface area contributed by atoms with Crippen LogP contribution < -0.4 is 5.73 Å². The Morgan fingerprint density at radius 1 is 1.45 bits per heavy atom. The predicted molar refractivity (Wildman–Crippen MR) is 76.6 cm³/mol. The van der Waals surface area contributed by atoms with E-state index in [0.29, 0.717) is 11.3 Å². The summed E-state index contributed by atoms with van der Waals surface area (Å²) in [4.78, 5) is 11.5. The van der Waals surface area contributed by atoms with Gasteiger partial charge in [-0.1, -0.05) is 6.92 Å². The zero-order valence-electron chi connectivity index (χ0n) is 12.1. The number of ether oxygens (including phenoxy) is 1. The Morgan fingerprint density at radius 3 is 2.55 bits per heavy atom. The molecule has 0 aliphatic rings. The number of nitrogen functional groups attached to an aromatic ring is 1. The summed E-state index contributed by atoms with van der Waals surface area (Å²) in [6, 6.07) is 4.61. The SMILES string of the molecule is COC(=O)C(C)CN(C)S(=O)(=O)c1ccc(N)cc1C. The molecule has 7 heteroatoms. The molecule has 0 amide bonds. The minimum absolute atomic E-state index is 0.0544. The molecule has 0 radical (unpaired) electrons. The third kappa shape index (κ3) is 3.49. The fourth-order valence-electron chi connectivity index (χ4n) is 1.89. The van der Waals surface area contributed by atoms with Gasteiger partial charge in [0.1, 0.15) is 0 Å². The number of aryl methyl sites for hydroxylation is 1. The first-order valence-electron chi connectivity index (χ1n) is 6.10. The van der Waals surface area contributed by atoms with Crippen molar-refractivity contribution < 1.29 is 17.9 Å². The minimum Gasteiger partial charge on any atom is -0.469 e. The maximum atomic E-state index is 12.4. The van der Waals surface area contributed by atoms with Gasteiger partial charge in [-0.2, -0.15) is 0 Å². The average Bonchev–Trinajstić information content (AvgIpc) is 2.36. The maximum absolute atomic E-state index is 12.4. The number of carbonyl (C=O) groups excluding carboxylic acids is 1.